The van der Waals surface area contributed by atoms with Crippen molar-refractivity contribution in [2.75, 3.05) is 18.5 Å². The van der Waals surface area contributed by atoms with Gasteiger partial charge in [0, 0.05) is 12.2 Å². The summed E-state index contributed by atoms with van der Waals surface area (Å²) >= 11 is 0. The zero-order chi connectivity index (χ0) is 18.6. The fourth-order valence-corrected chi connectivity index (χ4v) is 3.77. The van der Waals surface area contributed by atoms with E-state index in [2.05, 4.69) is 29.6 Å². The highest BCUT2D eigenvalue weighted by Gasteiger charge is 2.30. The molecule has 0 spiro atoms. The number of amides is 2. The van der Waals surface area contributed by atoms with E-state index in [-0.39, 0.29) is 12.1 Å². The molecule has 3 aromatic carbocycles. The third kappa shape index (κ3) is 3.75. The molecule has 1 atom stereocenters. The zero-order valence-corrected chi connectivity index (χ0v) is 15.5. The largest absolute Gasteiger partial charge is 0.494 e. The van der Waals surface area contributed by atoms with E-state index in [1.165, 1.54) is 5.39 Å². The first-order valence-electron chi connectivity index (χ1n) is 9.54. The molecule has 0 aliphatic carbocycles. The summed E-state index contributed by atoms with van der Waals surface area (Å²) in [4.78, 5) is 14.8. The third-order valence-corrected chi connectivity index (χ3v) is 5.09. The molecule has 4 nitrogen and oxygen atoms in total. The van der Waals surface area contributed by atoms with Crippen molar-refractivity contribution < 1.29 is 9.53 Å². The topological polar surface area (TPSA) is 41.6 Å². The number of anilines is 1. The van der Waals surface area contributed by atoms with Crippen LogP contribution in [0.25, 0.3) is 10.8 Å². The van der Waals surface area contributed by atoms with Crippen LogP contribution in [0.1, 0.15) is 31.4 Å². The van der Waals surface area contributed by atoms with Crippen LogP contribution in [0.5, 0.6) is 5.75 Å². The molecule has 0 radical (unpaired) electrons. The molecule has 1 unspecified atom stereocenters. The minimum atomic E-state index is -0.0401. The van der Waals surface area contributed by atoms with E-state index in [0.717, 1.165) is 41.8 Å². The molecule has 1 N–H and O–H groups in total. The van der Waals surface area contributed by atoms with Crippen LogP contribution < -0.4 is 10.1 Å². The number of benzene rings is 3. The number of rotatable bonds is 4. The quantitative estimate of drug-likeness (QED) is 0.657. The predicted octanol–water partition coefficient (Wildman–Crippen LogP) is 5.61. The van der Waals surface area contributed by atoms with Crippen molar-refractivity contribution in [1.29, 1.82) is 0 Å². The fourth-order valence-electron chi connectivity index (χ4n) is 3.77. The summed E-state index contributed by atoms with van der Waals surface area (Å²) in [6.45, 7) is 3.41. The number of hydrogen-bond acceptors (Lipinski definition) is 2. The number of likely N-dealkylation sites (tertiary alicyclic amines) is 1. The maximum absolute atomic E-state index is 12.9. The molecule has 138 valence electrons. The zero-order valence-electron chi connectivity index (χ0n) is 15.5. The molecule has 4 heteroatoms. The molecule has 0 aromatic heterocycles. The Kier molecular flexibility index (Phi) is 4.97. The number of fused-ring (bicyclic) bond motifs is 1. The number of urea groups is 1. The van der Waals surface area contributed by atoms with E-state index in [1.807, 2.05) is 54.3 Å². The number of carbonyl (C=O) groups is 1. The number of ether oxygens (including phenoxy) is 1. The number of carbonyl (C=O) groups excluding carboxylic acids is 1. The van der Waals surface area contributed by atoms with Gasteiger partial charge in [-0.05, 0) is 60.4 Å². The van der Waals surface area contributed by atoms with Gasteiger partial charge in [0.25, 0.3) is 0 Å². The summed E-state index contributed by atoms with van der Waals surface area (Å²) in [5, 5.41) is 5.36. The molecule has 3 aromatic rings. The van der Waals surface area contributed by atoms with Gasteiger partial charge < -0.3 is 15.0 Å². The summed E-state index contributed by atoms with van der Waals surface area (Å²) in [5.41, 5.74) is 1.99. The minimum Gasteiger partial charge on any atom is -0.494 e. The smallest absolute Gasteiger partial charge is 0.322 e. The average Bonchev–Trinajstić information content (AvgIpc) is 3.19. The van der Waals surface area contributed by atoms with Crippen molar-refractivity contribution in [3.05, 3.63) is 72.3 Å². The maximum atomic E-state index is 12.9. The molecule has 1 aliphatic rings. The Morgan fingerprint density at radius 2 is 1.85 bits per heavy atom. The highest BCUT2D eigenvalue weighted by Crippen LogP contribution is 2.33. The van der Waals surface area contributed by atoms with Crippen molar-refractivity contribution in [3.8, 4) is 5.75 Å². The highest BCUT2D eigenvalue weighted by molar-refractivity contribution is 5.93. The predicted molar refractivity (Wildman–Crippen MR) is 109 cm³/mol. The molecule has 4 rings (SSSR count). The van der Waals surface area contributed by atoms with E-state index >= 15 is 0 Å². The van der Waals surface area contributed by atoms with Crippen molar-refractivity contribution >= 4 is 22.5 Å². The number of hydrogen-bond donors (Lipinski definition) is 1. The lowest BCUT2D eigenvalue weighted by atomic mass is 10.0. The van der Waals surface area contributed by atoms with Crippen LogP contribution >= 0.6 is 0 Å². The van der Waals surface area contributed by atoms with Gasteiger partial charge in [-0.1, -0.05) is 42.5 Å². The minimum absolute atomic E-state index is 0.0401. The van der Waals surface area contributed by atoms with Gasteiger partial charge in [-0.25, -0.2) is 4.79 Å². The number of nitrogens with one attached hydrogen (secondary N) is 1. The Balaban J connectivity index is 1.49. The molecule has 2 amide bonds. The first kappa shape index (κ1) is 17.4. The average molecular weight is 360 g/mol. The van der Waals surface area contributed by atoms with Crippen molar-refractivity contribution in [2.45, 2.75) is 25.8 Å². The van der Waals surface area contributed by atoms with Crippen LogP contribution in [0.4, 0.5) is 10.5 Å². The van der Waals surface area contributed by atoms with E-state index < -0.39 is 0 Å². The molecular weight excluding hydrogens is 336 g/mol. The second kappa shape index (κ2) is 7.70. The Morgan fingerprint density at radius 3 is 2.63 bits per heavy atom. The summed E-state index contributed by atoms with van der Waals surface area (Å²) < 4.78 is 5.52. The van der Waals surface area contributed by atoms with Gasteiger partial charge in [-0.15, -0.1) is 0 Å². The summed E-state index contributed by atoms with van der Waals surface area (Å²) in [6, 6.07) is 22.4. The third-order valence-electron chi connectivity index (χ3n) is 5.09. The summed E-state index contributed by atoms with van der Waals surface area (Å²) in [6.07, 6.45) is 2.00. The van der Waals surface area contributed by atoms with Crippen LogP contribution in [-0.2, 0) is 0 Å². The molecule has 1 saturated heterocycles. The summed E-state index contributed by atoms with van der Waals surface area (Å²) in [5.74, 6) is 0.867. The first-order valence-corrected chi connectivity index (χ1v) is 9.54. The van der Waals surface area contributed by atoms with Crippen LogP contribution in [0.15, 0.2) is 66.7 Å². The van der Waals surface area contributed by atoms with Crippen LogP contribution in [0.3, 0.4) is 0 Å². The van der Waals surface area contributed by atoms with Gasteiger partial charge in [0.15, 0.2) is 0 Å². The lowest BCUT2D eigenvalue weighted by Crippen LogP contribution is -2.34. The van der Waals surface area contributed by atoms with Crippen LogP contribution in [0, 0.1) is 0 Å². The Hall–Kier alpha value is -3.01. The molecule has 1 aliphatic heterocycles. The Labute approximate surface area is 159 Å². The molecule has 0 saturated carbocycles. The Morgan fingerprint density at radius 1 is 1.07 bits per heavy atom. The van der Waals surface area contributed by atoms with Crippen molar-refractivity contribution in [1.82, 2.24) is 4.90 Å². The van der Waals surface area contributed by atoms with Gasteiger partial charge in [0.05, 0.1) is 12.6 Å². The van der Waals surface area contributed by atoms with E-state index in [0.29, 0.717) is 6.61 Å². The molecule has 27 heavy (non-hydrogen) atoms. The van der Waals surface area contributed by atoms with Gasteiger partial charge in [-0.2, -0.15) is 0 Å². The molecule has 1 fully saturated rings. The van der Waals surface area contributed by atoms with Gasteiger partial charge in [0.1, 0.15) is 5.75 Å². The van der Waals surface area contributed by atoms with Gasteiger partial charge >= 0.3 is 6.03 Å². The second-order valence-electron chi connectivity index (χ2n) is 6.85. The van der Waals surface area contributed by atoms with Gasteiger partial charge in [-0.3, -0.25) is 0 Å². The SMILES string of the molecule is CCOc1ccc(C2CCCN2C(=O)Nc2ccc3ccccc3c2)cc1. The normalized spacial score (nSPS) is 16.5. The van der Waals surface area contributed by atoms with Gasteiger partial charge in [0.2, 0.25) is 0 Å². The Bertz CT molecular complexity index is 937. The monoisotopic (exact) mass is 360 g/mol. The second-order valence-corrected chi connectivity index (χ2v) is 6.85. The molecule has 0 bridgehead atoms. The highest BCUT2D eigenvalue weighted by atomic mass is 16.5. The van der Waals surface area contributed by atoms with E-state index in [1.54, 1.807) is 0 Å². The van der Waals surface area contributed by atoms with Crippen molar-refractivity contribution in [3.63, 3.8) is 0 Å². The standard InChI is InChI=1S/C23H24N2O2/c1-2-27-21-13-10-18(11-14-21)22-8-5-15-25(22)23(26)24-20-12-9-17-6-3-4-7-19(17)16-20/h3-4,6-7,9-14,16,22H,2,5,8,15H2,1H3,(H,24,26). The molecular formula is C23H24N2O2. The number of nitrogens with zero attached hydrogens (tertiary/aromatic N) is 1. The maximum Gasteiger partial charge on any atom is 0.322 e. The van der Waals surface area contributed by atoms with Crippen molar-refractivity contribution in [2.24, 2.45) is 0 Å². The first-order chi connectivity index (χ1) is 13.2. The summed E-state index contributed by atoms with van der Waals surface area (Å²) in [7, 11) is 0. The molecule has 1 heterocycles. The lowest BCUT2D eigenvalue weighted by molar-refractivity contribution is 0.207. The lowest BCUT2D eigenvalue weighted by Gasteiger charge is -2.25. The van der Waals surface area contributed by atoms with E-state index in [4.69, 9.17) is 4.74 Å². The van der Waals surface area contributed by atoms with Crippen LogP contribution in [0.2, 0.25) is 0 Å². The van der Waals surface area contributed by atoms with Crippen LogP contribution in [-0.4, -0.2) is 24.1 Å². The van der Waals surface area contributed by atoms with E-state index in [9.17, 15) is 4.79 Å². The fraction of sp³-hybridized carbons (Fsp3) is 0.261.